The van der Waals surface area contributed by atoms with Crippen molar-refractivity contribution >= 4 is 29.3 Å². The number of hydrogen-bond donors (Lipinski definition) is 1. The number of para-hydroxylation sites is 1. The van der Waals surface area contributed by atoms with E-state index >= 15 is 0 Å². The number of hydrogen-bond acceptors (Lipinski definition) is 4. The second-order valence-corrected chi connectivity index (χ2v) is 5.61. The van der Waals surface area contributed by atoms with Gasteiger partial charge in [0, 0.05) is 24.0 Å². The number of esters is 1. The molecule has 0 bridgehead atoms. The lowest BCUT2D eigenvalue weighted by molar-refractivity contribution is -0.137. The summed E-state index contributed by atoms with van der Waals surface area (Å²) in [5.74, 6) is -0.448. The van der Waals surface area contributed by atoms with Crippen molar-refractivity contribution < 1.29 is 14.3 Å². The van der Waals surface area contributed by atoms with Gasteiger partial charge in [-0.15, -0.1) is 0 Å². The van der Waals surface area contributed by atoms with Crippen LogP contribution >= 0.6 is 0 Å². The van der Waals surface area contributed by atoms with Crippen LogP contribution in [-0.2, 0) is 14.3 Å². The van der Waals surface area contributed by atoms with Crippen molar-refractivity contribution in [2.24, 2.45) is 0 Å². The molecule has 0 aliphatic rings. The SMILES string of the molecule is CCOC(=O)C=Cc1ccc(NC(=O)CN(CC)c2ccccc2)cc1. The first-order chi connectivity index (χ1) is 12.6. The van der Waals surface area contributed by atoms with Crippen molar-refractivity contribution in [1.82, 2.24) is 0 Å². The molecule has 0 atom stereocenters. The molecule has 0 saturated heterocycles. The first kappa shape index (κ1) is 19.2. The molecule has 5 heteroatoms. The molecule has 0 aromatic heterocycles. The normalized spacial score (nSPS) is 10.5. The molecule has 0 saturated carbocycles. The van der Waals surface area contributed by atoms with Gasteiger partial charge in [0.05, 0.1) is 13.2 Å². The summed E-state index contributed by atoms with van der Waals surface area (Å²) in [6.45, 7) is 5.16. The molecule has 0 aliphatic heterocycles. The molecule has 5 nitrogen and oxygen atoms in total. The topological polar surface area (TPSA) is 58.6 Å². The van der Waals surface area contributed by atoms with E-state index in [-0.39, 0.29) is 18.4 Å². The first-order valence-electron chi connectivity index (χ1n) is 8.67. The molecule has 26 heavy (non-hydrogen) atoms. The van der Waals surface area contributed by atoms with Gasteiger partial charge in [-0.05, 0) is 49.8 Å². The van der Waals surface area contributed by atoms with E-state index in [1.807, 2.05) is 66.4 Å². The van der Waals surface area contributed by atoms with Crippen LogP contribution in [-0.4, -0.2) is 31.6 Å². The van der Waals surface area contributed by atoms with Crippen LogP contribution in [0.5, 0.6) is 0 Å². The number of benzene rings is 2. The van der Waals surface area contributed by atoms with Gasteiger partial charge in [0.15, 0.2) is 0 Å². The minimum absolute atomic E-state index is 0.0782. The fraction of sp³-hybridized carbons (Fsp3) is 0.238. The quantitative estimate of drug-likeness (QED) is 0.581. The molecule has 2 aromatic carbocycles. The van der Waals surface area contributed by atoms with Gasteiger partial charge < -0.3 is 15.0 Å². The lowest BCUT2D eigenvalue weighted by atomic mass is 10.2. The maximum atomic E-state index is 12.3. The van der Waals surface area contributed by atoms with E-state index < -0.39 is 0 Å². The van der Waals surface area contributed by atoms with Gasteiger partial charge in [0.25, 0.3) is 0 Å². The zero-order valence-corrected chi connectivity index (χ0v) is 15.1. The predicted molar refractivity (Wildman–Crippen MR) is 105 cm³/mol. The molecule has 0 spiro atoms. The van der Waals surface area contributed by atoms with Gasteiger partial charge in [0.2, 0.25) is 5.91 Å². The Morgan fingerprint density at radius 3 is 2.35 bits per heavy atom. The average molecular weight is 352 g/mol. The van der Waals surface area contributed by atoms with E-state index in [0.29, 0.717) is 12.3 Å². The van der Waals surface area contributed by atoms with E-state index in [4.69, 9.17) is 4.74 Å². The molecule has 136 valence electrons. The summed E-state index contributed by atoms with van der Waals surface area (Å²) in [5, 5.41) is 2.89. The second-order valence-electron chi connectivity index (χ2n) is 5.61. The summed E-state index contributed by atoms with van der Waals surface area (Å²) in [6, 6.07) is 17.1. The van der Waals surface area contributed by atoms with Gasteiger partial charge in [0.1, 0.15) is 0 Å². The van der Waals surface area contributed by atoms with Gasteiger partial charge in [-0.2, -0.15) is 0 Å². The van der Waals surface area contributed by atoms with E-state index in [2.05, 4.69) is 5.32 Å². The lowest BCUT2D eigenvalue weighted by Gasteiger charge is -2.22. The fourth-order valence-corrected chi connectivity index (χ4v) is 2.43. The van der Waals surface area contributed by atoms with Crippen molar-refractivity contribution in [1.29, 1.82) is 0 Å². The molecule has 0 unspecified atom stereocenters. The predicted octanol–water partition coefficient (Wildman–Crippen LogP) is 3.73. The zero-order valence-electron chi connectivity index (χ0n) is 15.1. The Morgan fingerprint density at radius 1 is 1.04 bits per heavy atom. The van der Waals surface area contributed by atoms with Crippen LogP contribution in [0, 0.1) is 0 Å². The van der Waals surface area contributed by atoms with E-state index in [9.17, 15) is 9.59 Å². The summed E-state index contributed by atoms with van der Waals surface area (Å²) in [4.78, 5) is 25.6. The Morgan fingerprint density at radius 2 is 1.73 bits per heavy atom. The van der Waals surface area contributed by atoms with Crippen molar-refractivity contribution in [3.63, 3.8) is 0 Å². The van der Waals surface area contributed by atoms with Crippen LogP contribution in [0.15, 0.2) is 60.7 Å². The number of likely N-dealkylation sites (N-methyl/N-ethyl adjacent to an activating group) is 1. The Labute approximate surface area is 154 Å². The Kier molecular flexibility index (Phi) is 7.43. The third kappa shape index (κ3) is 6.09. The molecule has 2 rings (SSSR count). The second kappa shape index (κ2) is 10.0. The number of carbonyl (C=O) groups excluding carboxylic acids is 2. The maximum absolute atomic E-state index is 12.3. The number of nitrogens with zero attached hydrogens (tertiary/aromatic N) is 1. The van der Waals surface area contributed by atoms with E-state index in [1.54, 1.807) is 13.0 Å². The smallest absolute Gasteiger partial charge is 0.330 e. The number of rotatable bonds is 8. The van der Waals surface area contributed by atoms with Crippen LogP contribution in [0.1, 0.15) is 19.4 Å². The van der Waals surface area contributed by atoms with Crippen molar-refractivity contribution in [2.75, 3.05) is 29.9 Å². The first-order valence-corrected chi connectivity index (χ1v) is 8.67. The third-order valence-electron chi connectivity index (χ3n) is 3.73. The highest BCUT2D eigenvalue weighted by molar-refractivity contribution is 5.94. The van der Waals surface area contributed by atoms with Crippen LogP contribution in [0.2, 0.25) is 0 Å². The van der Waals surface area contributed by atoms with Crippen LogP contribution in [0.4, 0.5) is 11.4 Å². The van der Waals surface area contributed by atoms with Crippen LogP contribution in [0.25, 0.3) is 6.08 Å². The molecular weight excluding hydrogens is 328 g/mol. The number of ether oxygens (including phenoxy) is 1. The summed E-state index contributed by atoms with van der Waals surface area (Å²) in [7, 11) is 0. The Bertz CT molecular complexity index is 740. The van der Waals surface area contributed by atoms with Crippen LogP contribution in [0.3, 0.4) is 0 Å². The van der Waals surface area contributed by atoms with Crippen molar-refractivity contribution in [3.05, 3.63) is 66.2 Å². The molecule has 1 N–H and O–H groups in total. The summed E-state index contributed by atoms with van der Waals surface area (Å²) in [5.41, 5.74) is 2.59. The minimum Gasteiger partial charge on any atom is -0.463 e. The monoisotopic (exact) mass is 352 g/mol. The van der Waals surface area contributed by atoms with E-state index in [1.165, 1.54) is 6.08 Å². The third-order valence-corrected chi connectivity index (χ3v) is 3.73. The maximum Gasteiger partial charge on any atom is 0.330 e. The van der Waals surface area contributed by atoms with Gasteiger partial charge in [-0.1, -0.05) is 30.3 Å². The number of amides is 1. The molecule has 1 amide bonds. The van der Waals surface area contributed by atoms with Gasteiger partial charge in [-0.25, -0.2) is 4.79 Å². The molecule has 0 radical (unpaired) electrons. The van der Waals surface area contributed by atoms with Gasteiger partial charge >= 0.3 is 5.97 Å². The molecule has 0 heterocycles. The molecule has 0 fully saturated rings. The van der Waals surface area contributed by atoms with Gasteiger partial charge in [-0.3, -0.25) is 4.79 Å². The standard InChI is InChI=1S/C21H24N2O3/c1-3-23(19-8-6-5-7-9-19)16-20(24)22-18-13-10-17(11-14-18)12-15-21(25)26-4-2/h5-15H,3-4,16H2,1-2H3,(H,22,24). The highest BCUT2D eigenvalue weighted by Gasteiger charge is 2.09. The van der Waals surface area contributed by atoms with Crippen LogP contribution < -0.4 is 10.2 Å². The lowest BCUT2D eigenvalue weighted by Crippen LogP contribution is -2.33. The Balaban J connectivity index is 1.91. The summed E-state index contributed by atoms with van der Waals surface area (Å²) < 4.78 is 4.84. The highest BCUT2D eigenvalue weighted by Crippen LogP contribution is 2.14. The molecule has 0 aliphatic carbocycles. The van der Waals surface area contributed by atoms with Crippen molar-refractivity contribution in [3.8, 4) is 0 Å². The Hall–Kier alpha value is -3.08. The highest BCUT2D eigenvalue weighted by atomic mass is 16.5. The largest absolute Gasteiger partial charge is 0.463 e. The minimum atomic E-state index is -0.370. The number of anilines is 2. The van der Waals surface area contributed by atoms with Crippen molar-refractivity contribution in [2.45, 2.75) is 13.8 Å². The number of carbonyl (C=O) groups is 2. The molecule has 2 aromatic rings. The zero-order chi connectivity index (χ0) is 18.8. The molecular formula is C21H24N2O3. The van der Waals surface area contributed by atoms with E-state index in [0.717, 1.165) is 17.8 Å². The number of nitrogens with one attached hydrogen (secondary N) is 1. The summed E-state index contributed by atoms with van der Waals surface area (Å²) in [6.07, 6.45) is 3.06. The average Bonchev–Trinajstić information content (AvgIpc) is 2.66. The summed E-state index contributed by atoms with van der Waals surface area (Å²) >= 11 is 0. The fourth-order valence-electron chi connectivity index (χ4n) is 2.43.